The summed E-state index contributed by atoms with van der Waals surface area (Å²) in [7, 11) is 0. The first-order valence-electron chi connectivity index (χ1n) is 5.98. The van der Waals surface area contributed by atoms with Crippen LogP contribution < -0.4 is 0 Å². The van der Waals surface area contributed by atoms with E-state index in [4.69, 9.17) is 11.6 Å². The normalized spacial score (nSPS) is 26.8. The highest BCUT2D eigenvalue weighted by atomic mass is 35.5. The molecule has 1 aliphatic carbocycles. The highest BCUT2D eigenvalue weighted by molar-refractivity contribution is 6.21. The van der Waals surface area contributed by atoms with Crippen LogP contribution in [-0.4, -0.2) is 14.9 Å². The van der Waals surface area contributed by atoms with Crippen molar-refractivity contribution in [2.75, 3.05) is 0 Å². The molecular weight excluding hydrogens is 208 g/mol. The second-order valence-corrected chi connectivity index (χ2v) is 4.95. The fraction of sp³-hybridized carbons (Fsp3) is 0.750. The molecule has 1 aromatic rings. The van der Waals surface area contributed by atoms with Gasteiger partial charge in [-0.2, -0.15) is 0 Å². The van der Waals surface area contributed by atoms with Gasteiger partial charge in [-0.05, 0) is 19.3 Å². The Bertz CT molecular complexity index is 308. The lowest BCUT2D eigenvalue weighted by molar-refractivity contribution is 0.421. The van der Waals surface area contributed by atoms with Crippen LogP contribution in [0.3, 0.4) is 0 Å². The molecule has 0 N–H and O–H groups in total. The summed E-state index contributed by atoms with van der Waals surface area (Å²) in [6.07, 6.45) is 10.1. The minimum absolute atomic E-state index is 0.289. The third-order valence-electron chi connectivity index (χ3n) is 3.23. The summed E-state index contributed by atoms with van der Waals surface area (Å²) in [6, 6.07) is 0. The van der Waals surface area contributed by atoms with Gasteiger partial charge in [0.25, 0.3) is 0 Å². The van der Waals surface area contributed by atoms with Crippen molar-refractivity contribution in [3.8, 4) is 0 Å². The van der Waals surface area contributed by atoms with E-state index in [0.717, 1.165) is 19.4 Å². The quantitative estimate of drug-likeness (QED) is 0.721. The summed E-state index contributed by atoms with van der Waals surface area (Å²) < 4.78 is 2.27. The molecule has 1 aliphatic rings. The summed E-state index contributed by atoms with van der Waals surface area (Å²) in [6.45, 7) is 3.26. The summed E-state index contributed by atoms with van der Waals surface area (Å²) >= 11 is 6.39. The molecule has 1 heterocycles. The molecule has 0 aliphatic heterocycles. The lowest BCUT2D eigenvalue weighted by Crippen LogP contribution is -2.21. The minimum atomic E-state index is 0.289. The second-order valence-electron chi connectivity index (χ2n) is 4.39. The number of nitrogens with zero attached hydrogens (tertiary/aromatic N) is 2. The number of alkyl halides is 1. The second kappa shape index (κ2) is 5.02. The molecule has 0 spiro atoms. The fourth-order valence-electron chi connectivity index (χ4n) is 2.46. The molecule has 0 radical (unpaired) electrons. The third kappa shape index (κ3) is 2.36. The van der Waals surface area contributed by atoms with Gasteiger partial charge in [-0.1, -0.05) is 19.8 Å². The van der Waals surface area contributed by atoms with E-state index in [1.807, 2.05) is 6.20 Å². The van der Waals surface area contributed by atoms with E-state index in [1.165, 1.54) is 25.1 Å². The summed E-state index contributed by atoms with van der Waals surface area (Å²) in [4.78, 5) is 4.49. The molecule has 0 aromatic carbocycles. The van der Waals surface area contributed by atoms with Crippen LogP contribution in [0.1, 0.15) is 50.8 Å². The van der Waals surface area contributed by atoms with Gasteiger partial charge in [0, 0.05) is 30.2 Å². The Morgan fingerprint density at radius 3 is 3.00 bits per heavy atom. The van der Waals surface area contributed by atoms with Crippen molar-refractivity contribution >= 4 is 11.6 Å². The fourth-order valence-corrected chi connectivity index (χ4v) is 2.85. The van der Waals surface area contributed by atoms with Crippen LogP contribution in [0.25, 0.3) is 0 Å². The molecule has 0 bridgehead atoms. The molecule has 15 heavy (non-hydrogen) atoms. The average Bonchev–Trinajstić information content (AvgIpc) is 2.67. The van der Waals surface area contributed by atoms with Crippen molar-refractivity contribution in [3.63, 3.8) is 0 Å². The van der Waals surface area contributed by atoms with Crippen LogP contribution in [0, 0.1) is 0 Å². The van der Waals surface area contributed by atoms with Gasteiger partial charge in [-0.15, -0.1) is 11.6 Å². The zero-order valence-corrected chi connectivity index (χ0v) is 10.1. The number of hydrogen-bond donors (Lipinski definition) is 0. The van der Waals surface area contributed by atoms with Gasteiger partial charge < -0.3 is 4.57 Å². The topological polar surface area (TPSA) is 17.8 Å². The third-order valence-corrected chi connectivity index (χ3v) is 3.75. The molecule has 0 saturated heterocycles. The van der Waals surface area contributed by atoms with Crippen LogP contribution in [0.5, 0.6) is 0 Å². The maximum atomic E-state index is 6.39. The van der Waals surface area contributed by atoms with E-state index in [9.17, 15) is 0 Å². The SMILES string of the molecule is CCCn1ccnc1C1CCCCC1Cl. The smallest absolute Gasteiger partial charge is 0.113 e. The molecular formula is C12H19ClN2. The monoisotopic (exact) mass is 226 g/mol. The highest BCUT2D eigenvalue weighted by Gasteiger charge is 2.27. The Kier molecular flexibility index (Phi) is 3.68. The largest absolute Gasteiger partial charge is 0.335 e. The molecule has 2 unspecified atom stereocenters. The van der Waals surface area contributed by atoms with Crippen molar-refractivity contribution in [2.45, 2.75) is 56.9 Å². The van der Waals surface area contributed by atoms with Gasteiger partial charge in [0.05, 0.1) is 0 Å². The molecule has 2 nitrogen and oxygen atoms in total. The van der Waals surface area contributed by atoms with Gasteiger partial charge in [0.2, 0.25) is 0 Å². The zero-order valence-electron chi connectivity index (χ0n) is 9.32. The number of aromatic nitrogens is 2. The van der Waals surface area contributed by atoms with Gasteiger partial charge in [0.1, 0.15) is 5.82 Å². The molecule has 84 valence electrons. The van der Waals surface area contributed by atoms with Crippen LogP contribution in [0.2, 0.25) is 0 Å². The number of aryl methyl sites for hydroxylation is 1. The molecule has 1 fully saturated rings. The lowest BCUT2D eigenvalue weighted by atomic mass is 9.88. The molecule has 2 atom stereocenters. The van der Waals surface area contributed by atoms with Crippen molar-refractivity contribution < 1.29 is 0 Å². The molecule has 1 saturated carbocycles. The highest BCUT2D eigenvalue weighted by Crippen LogP contribution is 2.35. The molecule has 1 aromatic heterocycles. The molecule has 0 amide bonds. The van der Waals surface area contributed by atoms with Gasteiger partial charge >= 0.3 is 0 Å². The number of imidazole rings is 1. The van der Waals surface area contributed by atoms with Gasteiger partial charge in [0.15, 0.2) is 0 Å². The maximum Gasteiger partial charge on any atom is 0.113 e. The molecule has 2 rings (SSSR count). The number of halogens is 1. The Hall–Kier alpha value is -0.500. The Balaban J connectivity index is 2.15. The Labute approximate surface area is 96.7 Å². The van der Waals surface area contributed by atoms with E-state index < -0.39 is 0 Å². The van der Waals surface area contributed by atoms with Crippen molar-refractivity contribution in [1.29, 1.82) is 0 Å². The first-order chi connectivity index (χ1) is 7.33. The Morgan fingerprint density at radius 1 is 1.47 bits per heavy atom. The number of rotatable bonds is 3. The summed E-state index contributed by atoms with van der Waals surface area (Å²) in [5.41, 5.74) is 0. The van der Waals surface area contributed by atoms with Crippen LogP contribution in [-0.2, 0) is 6.54 Å². The predicted octanol–water partition coefficient (Wildman–Crippen LogP) is 3.56. The van der Waals surface area contributed by atoms with Crippen LogP contribution >= 0.6 is 11.6 Å². The van der Waals surface area contributed by atoms with E-state index in [0.29, 0.717) is 5.92 Å². The summed E-state index contributed by atoms with van der Waals surface area (Å²) in [5.74, 6) is 1.68. The predicted molar refractivity (Wildman–Crippen MR) is 63.4 cm³/mol. The molecule has 3 heteroatoms. The van der Waals surface area contributed by atoms with Crippen molar-refractivity contribution in [2.24, 2.45) is 0 Å². The standard InChI is InChI=1S/C12H19ClN2/c1-2-8-15-9-7-14-12(15)10-5-3-4-6-11(10)13/h7,9-11H,2-6,8H2,1H3. The Morgan fingerprint density at radius 2 is 2.27 bits per heavy atom. The van der Waals surface area contributed by atoms with E-state index >= 15 is 0 Å². The van der Waals surface area contributed by atoms with Crippen molar-refractivity contribution in [3.05, 3.63) is 18.2 Å². The van der Waals surface area contributed by atoms with Gasteiger partial charge in [-0.25, -0.2) is 4.98 Å². The van der Waals surface area contributed by atoms with Crippen LogP contribution in [0.15, 0.2) is 12.4 Å². The first-order valence-corrected chi connectivity index (χ1v) is 6.41. The minimum Gasteiger partial charge on any atom is -0.335 e. The zero-order chi connectivity index (χ0) is 10.7. The lowest BCUT2D eigenvalue weighted by Gasteiger charge is -2.27. The first kappa shape index (κ1) is 11.0. The maximum absolute atomic E-state index is 6.39. The summed E-state index contributed by atoms with van der Waals surface area (Å²) in [5, 5.41) is 0.289. The van der Waals surface area contributed by atoms with Gasteiger partial charge in [-0.3, -0.25) is 0 Å². The average molecular weight is 227 g/mol. The van der Waals surface area contributed by atoms with Crippen molar-refractivity contribution in [1.82, 2.24) is 9.55 Å². The van der Waals surface area contributed by atoms with E-state index in [1.54, 1.807) is 0 Å². The van der Waals surface area contributed by atoms with Crippen LogP contribution in [0.4, 0.5) is 0 Å². The number of hydrogen-bond acceptors (Lipinski definition) is 1. The van der Waals surface area contributed by atoms with E-state index in [2.05, 4.69) is 22.7 Å². The van der Waals surface area contributed by atoms with E-state index in [-0.39, 0.29) is 5.38 Å².